The molecule has 0 spiro atoms. The largest absolute Gasteiger partial charge is 0.507 e. The molecule has 0 bridgehead atoms. The van der Waals surface area contributed by atoms with E-state index in [1.54, 1.807) is 0 Å². The van der Waals surface area contributed by atoms with Crippen molar-refractivity contribution in [3.05, 3.63) is 0 Å². The molecule has 0 fully saturated rings. The third-order valence-electron chi connectivity index (χ3n) is 1.18. The molecule has 0 heterocycles. The summed E-state index contributed by atoms with van der Waals surface area (Å²) in [7, 11) is 2.51. The molecule has 0 aliphatic rings. The Balaban J connectivity index is 0. The molecule has 0 unspecified atom stereocenters. The van der Waals surface area contributed by atoms with Crippen LogP contribution in [0.4, 0.5) is 4.79 Å². The van der Waals surface area contributed by atoms with E-state index in [-0.39, 0.29) is 13.2 Å². The second kappa shape index (κ2) is 16.5. The van der Waals surface area contributed by atoms with Gasteiger partial charge < -0.3 is 29.2 Å². The van der Waals surface area contributed by atoms with Gasteiger partial charge in [-0.3, -0.25) is 0 Å². The second-order valence-corrected chi connectivity index (χ2v) is 2.33. The molecule has 2 N–H and O–H groups in total. The minimum absolute atomic E-state index is 0.0417. The van der Waals surface area contributed by atoms with Crippen molar-refractivity contribution in [2.24, 2.45) is 0 Å². The van der Waals surface area contributed by atoms with E-state index in [2.05, 4.69) is 9.47 Å². The van der Waals surface area contributed by atoms with E-state index in [4.69, 9.17) is 19.7 Å². The lowest BCUT2D eigenvalue weighted by molar-refractivity contribution is 0.0222. The predicted molar refractivity (Wildman–Crippen MR) is 55.2 cm³/mol. The van der Waals surface area contributed by atoms with Crippen molar-refractivity contribution >= 4 is 6.16 Å². The van der Waals surface area contributed by atoms with Crippen LogP contribution in [-0.4, -0.2) is 70.2 Å². The lowest BCUT2D eigenvalue weighted by Crippen LogP contribution is -2.09. The Morgan fingerprint density at radius 1 is 0.875 bits per heavy atom. The van der Waals surface area contributed by atoms with Crippen LogP contribution < -0.4 is 0 Å². The standard InChI is InChI=1S/C6H14O4.C3H6O3/c7-1-3-9-5-6-10-4-2-8;1-5-3(4)6-2/h7-8H,1-6H2;1-2H3. The number of methoxy groups -OCH3 is 2. The maximum absolute atomic E-state index is 9.74. The van der Waals surface area contributed by atoms with Gasteiger partial charge in [-0.15, -0.1) is 0 Å². The van der Waals surface area contributed by atoms with Crippen molar-refractivity contribution in [2.45, 2.75) is 0 Å². The minimum Gasteiger partial charge on any atom is -0.438 e. The normalized spacial score (nSPS) is 9.00. The molecule has 0 rings (SSSR count). The highest BCUT2D eigenvalue weighted by Gasteiger charge is 1.89. The second-order valence-electron chi connectivity index (χ2n) is 2.33. The zero-order chi connectivity index (χ0) is 12.6. The number of rotatable bonds is 7. The lowest BCUT2D eigenvalue weighted by Gasteiger charge is -2.01. The molecule has 98 valence electrons. The number of carbonyl (C=O) groups is 1. The van der Waals surface area contributed by atoms with Crippen LogP contribution in [0.2, 0.25) is 0 Å². The van der Waals surface area contributed by atoms with E-state index in [1.807, 2.05) is 0 Å². The van der Waals surface area contributed by atoms with Crippen molar-refractivity contribution in [1.29, 1.82) is 0 Å². The first-order valence-corrected chi connectivity index (χ1v) is 4.72. The van der Waals surface area contributed by atoms with Crippen molar-refractivity contribution in [2.75, 3.05) is 53.9 Å². The molecule has 0 saturated carbocycles. The zero-order valence-corrected chi connectivity index (χ0v) is 9.68. The fourth-order valence-corrected chi connectivity index (χ4v) is 0.534. The molecular weight excluding hydrogens is 220 g/mol. The van der Waals surface area contributed by atoms with Crippen LogP contribution in [0.1, 0.15) is 0 Å². The topological polar surface area (TPSA) is 94.5 Å². The van der Waals surface area contributed by atoms with E-state index in [0.29, 0.717) is 26.4 Å². The first-order valence-electron chi connectivity index (χ1n) is 4.72. The summed E-state index contributed by atoms with van der Waals surface area (Å²) < 4.78 is 17.8. The lowest BCUT2D eigenvalue weighted by atomic mass is 10.7. The fraction of sp³-hybridized carbons (Fsp3) is 0.889. The fourth-order valence-electron chi connectivity index (χ4n) is 0.534. The zero-order valence-electron chi connectivity index (χ0n) is 9.68. The summed E-state index contributed by atoms with van der Waals surface area (Å²) in [6, 6.07) is 0. The Kier molecular flexibility index (Phi) is 18.1. The minimum atomic E-state index is -0.657. The van der Waals surface area contributed by atoms with E-state index in [0.717, 1.165) is 0 Å². The van der Waals surface area contributed by atoms with Crippen molar-refractivity contribution in [1.82, 2.24) is 0 Å². The van der Waals surface area contributed by atoms with E-state index in [9.17, 15) is 4.79 Å². The molecule has 7 heteroatoms. The van der Waals surface area contributed by atoms with Gasteiger partial charge in [-0.1, -0.05) is 0 Å². The van der Waals surface area contributed by atoms with Crippen LogP contribution in [0.15, 0.2) is 0 Å². The maximum Gasteiger partial charge on any atom is 0.507 e. The molecule has 0 aromatic rings. The Bertz CT molecular complexity index is 126. The number of hydrogen-bond acceptors (Lipinski definition) is 7. The van der Waals surface area contributed by atoms with Gasteiger partial charge in [0.25, 0.3) is 0 Å². The summed E-state index contributed by atoms with van der Waals surface area (Å²) in [5, 5.41) is 16.5. The molecule has 0 saturated heterocycles. The summed E-state index contributed by atoms with van der Waals surface area (Å²) in [6.45, 7) is 1.73. The number of hydrogen-bond donors (Lipinski definition) is 2. The number of carbonyl (C=O) groups excluding carboxylic acids is 1. The summed E-state index contributed by atoms with van der Waals surface area (Å²) in [5.74, 6) is 0. The van der Waals surface area contributed by atoms with Crippen LogP contribution in [0.3, 0.4) is 0 Å². The molecule has 0 radical (unpaired) electrons. The third kappa shape index (κ3) is 18.8. The van der Waals surface area contributed by atoms with Gasteiger partial charge in [0.15, 0.2) is 0 Å². The smallest absolute Gasteiger partial charge is 0.438 e. The monoisotopic (exact) mass is 240 g/mol. The SMILES string of the molecule is COC(=O)OC.OCCOCCOCCO. The molecule has 0 aliphatic carbocycles. The van der Waals surface area contributed by atoms with Gasteiger partial charge in [0, 0.05) is 0 Å². The van der Waals surface area contributed by atoms with Gasteiger partial charge in [0.05, 0.1) is 53.9 Å². The van der Waals surface area contributed by atoms with Gasteiger partial charge in [-0.2, -0.15) is 0 Å². The number of aliphatic hydroxyl groups is 2. The number of ether oxygens (including phenoxy) is 4. The molecule has 16 heavy (non-hydrogen) atoms. The summed E-state index contributed by atoms with van der Waals surface area (Å²) in [4.78, 5) is 9.74. The first kappa shape index (κ1) is 17.5. The van der Waals surface area contributed by atoms with Gasteiger partial charge >= 0.3 is 6.16 Å². The van der Waals surface area contributed by atoms with Gasteiger partial charge in [0.1, 0.15) is 0 Å². The molecule has 7 nitrogen and oxygen atoms in total. The summed E-state index contributed by atoms with van der Waals surface area (Å²) in [6.07, 6.45) is -0.657. The van der Waals surface area contributed by atoms with Crippen LogP contribution in [0.5, 0.6) is 0 Å². The van der Waals surface area contributed by atoms with Crippen molar-refractivity contribution < 1.29 is 34.0 Å². The highest BCUT2D eigenvalue weighted by atomic mass is 16.7. The van der Waals surface area contributed by atoms with Crippen LogP contribution >= 0.6 is 0 Å². The highest BCUT2D eigenvalue weighted by Crippen LogP contribution is 1.76. The van der Waals surface area contributed by atoms with E-state index < -0.39 is 6.16 Å². The van der Waals surface area contributed by atoms with Gasteiger partial charge in [-0.05, 0) is 0 Å². The Hall–Kier alpha value is -0.890. The third-order valence-corrected chi connectivity index (χ3v) is 1.18. The van der Waals surface area contributed by atoms with Crippen LogP contribution in [0, 0.1) is 0 Å². The molecule has 0 amide bonds. The molecule has 0 aromatic heterocycles. The Morgan fingerprint density at radius 2 is 1.25 bits per heavy atom. The van der Waals surface area contributed by atoms with Crippen molar-refractivity contribution in [3.63, 3.8) is 0 Å². The maximum atomic E-state index is 9.74. The number of aliphatic hydroxyl groups excluding tert-OH is 2. The van der Waals surface area contributed by atoms with E-state index >= 15 is 0 Å². The van der Waals surface area contributed by atoms with Crippen LogP contribution in [0.25, 0.3) is 0 Å². The van der Waals surface area contributed by atoms with Gasteiger partial charge in [-0.25, -0.2) is 4.79 Å². The first-order chi connectivity index (χ1) is 7.72. The Morgan fingerprint density at radius 3 is 1.44 bits per heavy atom. The van der Waals surface area contributed by atoms with E-state index in [1.165, 1.54) is 14.2 Å². The van der Waals surface area contributed by atoms with Crippen LogP contribution in [-0.2, 0) is 18.9 Å². The Labute approximate surface area is 94.9 Å². The highest BCUT2D eigenvalue weighted by molar-refractivity contribution is 5.59. The summed E-state index contributed by atoms with van der Waals surface area (Å²) in [5.41, 5.74) is 0. The predicted octanol–water partition coefficient (Wildman–Crippen LogP) is -0.597. The average Bonchev–Trinajstić information content (AvgIpc) is 2.33. The molecule has 0 aromatic carbocycles. The summed E-state index contributed by atoms with van der Waals surface area (Å²) >= 11 is 0. The quantitative estimate of drug-likeness (QED) is 0.453. The average molecular weight is 240 g/mol. The molecule has 0 aliphatic heterocycles. The molecular formula is C9H20O7. The van der Waals surface area contributed by atoms with Crippen molar-refractivity contribution in [3.8, 4) is 0 Å². The van der Waals surface area contributed by atoms with Gasteiger partial charge in [0.2, 0.25) is 0 Å². The molecule has 0 atom stereocenters.